The molecule has 0 amide bonds. The number of rotatable bonds is 4. The standard InChI is InChI=1S/C18H28N2O3S.ClH/c1-11(2)14-8-18(12(3)7-17(14)23-4)24(21,22)20-9-13-5-6-16(19)15(13)10-20;/h7-8,11,13,15-16H,5-6,9-10,19H2,1-4H3;1H. The molecule has 2 fully saturated rings. The van der Waals surface area contributed by atoms with E-state index in [0.717, 1.165) is 29.7 Å². The molecule has 3 unspecified atom stereocenters. The predicted octanol–water partition coefficient (Wildman–Crippen LogP) is 2.91. The van der Waals surface area contributed by atoms with Crippen molar-refractivity contribution in [2.75, 3.05) is 20.2 Å². The number of ether oxygens (including phenoxy) is 1. The van der Waals surface area contributed by atoms with Crippen molar-refractivity contribution < 1.29 is 13.2 Å². The van der Waals surface area contributed by atoms with Crippen molar-refractivity contribution in [1.82, 2.24) is 4.31 Å². The lowest BCUT2D eigenvalue weighted by atomic mass is 9.98. The fourth-order valence-electron chi connectivity index (χ4n) is 4.19. The molecule has 7 heteroatoms. The summed E-state index contributed by atoms with van der Waals surface area (Å²) in [7, 11) is -1.87. The zero-order valence-corrected chi connectivity index (χ0v) is 17.0. The number of hydrogen-bond donors (Lipinski definition) is 1. The Hall–Kier alpha value is -0.820. The van der Waals surface area contributed by atoms with Crippen molar-refractivity contribution in [3.05, 3.63) is 23.3 Å². The van der Waals surface area contributed by atoms with Gasteiger partial charge in [-0.3, -0.25) is 0 Å². The van der Waals surface area contributed by atoms with Crippen LogP contribution >= 0.6 is 12.4 Å². The molecule has 1 aliphatic heterocycles. The molecule has 1 heterocycles. The maximum atomic E-state index is 13.2. The van der Waals surface area contributed by atoms with Crippen molar-refractivity contribution >= 4 is 22.4 Å². The first-order chi connectivity index (χ1) is 11.3. The minimum Gasteiger partial charge on any atom is -0.496 e. The molecule has 1 saturated carbocycles. The molecule has 0 bridgehead atoms. The van der Waals surface area contributed by atoms with E-state index in [9.17, 15) is 8.42 Å². The highest BCUT2D eigenvalue weighted by molar-refractivity contribution is 7.89. The van der Waals surface area contributed by atoms with Crippen molar-refractivity contribution in [3.8, 4) is 5.75 Å². The van der Waals surface area contributed by atoms with Gasteiger partial charge in [0.15, 0.2) is 0 Å². The van der Waals surface area contributed by atoms with Crippen LogP contribution in [0.5, 0.6) is 5.75 Å². The number of hydrogen-bond acceptors (Lipinski definition) is 4. The molecule has 1 aliphatic carbocycles. The zero-order chi connectivity index (χ0) is 17.6. The molecule has 2 aliphatic rings. The van der Waals surface area contributed by atoms with E-state index in [2.05, 4.69) is 0 Å². The highest BCUT2D eigenvalue weighted by Gasteiger charge is 2.45. The first kappa shape index (κ1) is 20.5. The molecule has 0 spiro atoms. The Morgan fingerprint density at radius 2 is 1.92 bits per heavy atom. The lowest BCUT2D eigenvalue weighted by molar-refractivity contribution is 0.406. The summed E-state index contributed by atoms with van der Waals surface area (Å²) < 4.78 is 33.5. The minimum absolute atomic E-state index is 0. The van der Waals surface area contributed by atoms with E-state index in [1.165, 1.54) is 0 Å². The average molecular weight is 389 g/mol. The van der Waals surface area contributed by atoms with Gasteiger partial charge in [0.1, 0.15) is 5.75 Å². The summed E-state index contributed by atoms with van der Waals surface area (Å²) in [5.74, 6) is 1.67. The second-order valence-electron chi connectivity index (χ2n) is 7.50. The summed E-state index contributed by atoms with van der Waals surface area (Å²) in [5, 5.41) is 0. The lowest BCUT2D eigenvalue weighted by Crippen LogP contribution is -2.33. The van der Waals surface area contributed by atoms with Crippen LogP contribution in [0, 0.1) is 18.8 Å². The van der Waals surface area contributed by atoms with Crippen molar-refractivity contribution in [2.24, 2.45) is 17.6 Å². The van der Waals surface area contributed by atoms with Gasteiger partial charge in [0, 0.05) is 19.1 Å². The number of benzene rings is 1. The van der Waals surface area contributed by atoms with Gasteiger partial charge >= 0.3 is 0 Å². The summed E-state index contributed by atoms with van der Waals surface area (Å²) in [6.45, 7) is 7.08. The number of sulfonamides is 1. The highest BCUT2D eigenvalue weighted by atomic mass is 35.5. The van der Waals surface area contributed by atoms with Crippen molar-refractivity contribution in [1.29, 1.82) is 0 Å². The quantitative estimate of drug-likeness (QED) is 0.860. The van der Waals surface area contributed by atoms with Crippen LogP contribution in [0.25, 0.3) is 0 Å². The topological polar surface area (TPSA) is 72.6 Å². The first-order valence-electron chi connectivity index (χ1n) is 8.70. The number of halogens is 1. The Balaban J connectivity index is 0.00000225. The number of methoxy groups -OCH3 is 1. The van der Waals surface area contributed by atoms with Gasteiger partial charge in [0.05, 0.1) is 12.0 Å². The van der Waals surface area contributed by atoms with Crippen LogP contribution in [0.4, 0.5) is 0 Å². The fourth-order valence-corrected chi connectivity index (χ4v) is 5.96. The Bertz CT molecular complexity index is 736. The molecule has 1 aromatic rings. The number of fused-ring (bicyclic) bond motifs is 1. The summed E-state index contributed by atoms with van der Waals surface area (Å²) in [6.07, 6.45) is 2.05. The molecular weight excluding hydrogens is 360 g/mol. The average Bonchev–Trinajstić information content (AvgIpc) is 3.09. The zero-order valence-electron chi connectivity index (χ0n) is 15.4. The van der Waals surface area contributed by atoms with Gasteiger partial charge < -0.3 is 10.5 Å². The summed E-state index contributed by atoms with van der Waals surface area (Å²) >= 11 is 0. The lowest BCUT2D eigenvalue weighted by Gasteiger charge is -2.22. The van der Waals surface area contributed by atoms with Crippen LogP contribution < -0.4 is 10.5 Å². The Labute approximate surface area is 157 Å². The van der Waals surface area contributed by atoms with Gasteiger partial charge in [-0.05, 0) is 60.8 Å². The normalized spacial score (nSPS) is 26.6. The first-order valence-corrected chi connectivity index (χ1v) is 10.1. The smallest absolute Gasteiger partial charge is 0.243 e. The van der Waals surface area contributed by atoms with Gasteiger partial charge in [0.25, 0.3) is 0 Å². The monoisotopic (exact) mass is 388 g/mol. The van der Waals surface area contributed by atoms with Crippen LogP contribution in [0.15, 0.2) is 17.0 Å². The molecule has 142 valence electrons. The molecule has 25 heavy (non-hydrogen) atoms. The maximum absolute atomic E-state index is 13.2. The Morgan fingerprint density at radius 3 is 2.48 bits per heavy atom. The molecule has 1 aromatic carbocycles. The third kappa shape index (κ3) is 3.54. The number of aryl methyl sites for hydroxylation is 1. The van der Waals surface area contributed by atoms with Gasteiger partial charge in [-0.1, -0.05) is 13.8 Å². The van der Waals surface area contributed by atoms with E-state index in [1.54, 1.807) is 17.5 Å². The molecule has 3 atom stereocenters. The molecule has 5 nitrogen and oxygen atoms in total. The Kier molecular flexibility index (Phi) is 6.09. The van der Waals surface area contributed by atoms with Crippen LogP contribution in [0.3, 0.4) is 0 Å². The van der Waals surface area contributed by atoms with Gasteiger partial charge in [-0.25, -0.2) is 8.42 Å². The number of nitrogens with zero attached hydrogens (tertiary/aromatic N) is 1. The molecule has 0 radical (unpaired) electrons. The van der Waals surface area contributed by atoms with Crippen LogP contribution in [-0.4, -0.2) is 39.0 Å². The highest BCUT2D eigenvalue weighted by Crippen LogP contribution is 2.40. The van der Waals surface area contributed by atoms with Crippen molar-refractivity contribution in [3.63, 3.8) is 0 Å². The summed E-state index contributed by atoms with van der Waals surface area (Å²) in [4.78, 5) is 0.403. The van der Waals surface area contributed by atoms with Crippen LogP contribution in [-0.2, 0) is 10.0 Å². The third-order valence-electron chi connectivity index (χ3n) is 5.65. The second kappa shape index (κ2) is 7.43. The Morgan fingerprint density at radius 1 is 1.24 bits per heavy atom. The summed E-state index contributed by atoms with van der Waals surface area (Å²) in [6, 6.07) is 3.77. The van der Waals surface area contributed by atoms with E-state index >= 15 is 0 Å². The fraction of sp³-hybridized carbons (Fsp3) is 0.667. The molecule has 2 N–H and O–H groups in total. The molecule has 3 rings (SSSR count). The molecular formula is C18H29ClN2O3S. The molecule has 0 aromatic heterocycles. The van der Waals surface area contributed by atoms with Crippen molar-refractivity contribution in [2.45, 2.75) is 50.5 Å². The van der Waals surface area contributed by atoms with E-state index in [1.807, 2.05) is 26.8 Å². The van der Waals surface area contributed by atoms with Gasteiger partial charge in [-0.15, -0.1) is 12.4 Å². The maximum Gasteiger partial charge on any atom is 0.243 e. The van der Waals surface area contributed by atoms with Gasteiger partial charge in [0.2, 0.25) is 10.0 Å². The van der Waals surface area contributed by atoms with Crippen LogP contribution in [0.2, 0.25) is 0 Å². The van der Waals surface area contributed by atoms with Gasteiger partial charge in [-0.2, -0.15) is 4.31 Å². The second-order valence-corrected chi connectivity index (χ2v) is 9.41. The van der Waals surface area contributed by atoms with E-state index in [4.69, 9.17) is 10.5 Å². The van der Waals surface area contributed by atoms with E-state index in [-0.39, 0.29) is 24.4 Å². The van der Waals surface area contributed by atoms with E-state index in [0.29, 0.717) is 29.8 Å². The minimum atomic E-state index is -3.49. The van der Waals surface area contributed by atoms with Crippen LogP contribution in [0.1, 0.15) is 43.7 Å². The number of nitrogens with two attached hydrogens (primary N) is 1. The molecule has 1 saturated heterocycles. The summed E-state index contributed by atoms with van der Waals surface area (Å²) in [5.41, 5.74) is 7.82. The largest absolute Gasteiger partial charge is 0.496 e. The third-order valence-corrected chi connectivity index (χ3v) is 7.62. The predicted molar refractivity (Wildman–Crippen MR) is 102 cm³/mol. The van der Waals surface area contributed by atoms with E-state index < -0.39 is 10.0 Å². The SMILES string of the molecule is COc1cc(C)c(S(=O)(=O)N2CC3CCC(N)C3C2)cc1C(C)C.Cl.